The molecule has 0 aliphatic carbocycles. The van der Waals surface area contributed by atoms with Crippen LogP contribution in [-0.2, 0) is 0 Å². The van der Waals surface area contributed by atoms with Crippen molar-refractivity contribution in [3.05, 3.63) is 0 Å². The molecule has 0 saturated heterocycles. The van der Waals surface area contributed by atoms with E-state index in [4.69, 9.17) is 0 Å². The topological polar surface area (TPSA) is 54.8 Å². The Morgan fingerprint density at radius 3 is 3.17 bits per heavy atom. The normalized spacial score (nSPS) is 21.3. The van der Waals surface area contributed by atoms with Gasteiger partial charge in [-0.1, -0.05) is 0 Å². The highest BCUT2D eigenvalue weighted by Crippen LogP contribution is 2.21. The van der Waals surface area contributed by atoms with Gasteiger partial charge in [0.05, 0.1) is 6.04 Å². The SMILES string of the molecule is CNc1nc2n(n1)C(C)CCN2. The van der Waals surface area contributed by atoms with Crippen molar-refractivity contribution in [1.29, 1.82) is 0 Å². The molecule has 1 aromatic rings. The number of fused-ring (bicyclic) bond motifs is 1. The van der Waals surface area contributed by atoms with Gasteiger partial charge >= 0.3 is 0 Å². The van der Waals surface area contributed by atoms with Gasteiger partial charge in [-0.05, 0) is 13.3 Å². The zero-order valence-electron chi connectivity index (χ0n) is 7.33. The van der Waals surface area contributed by atoms with E-state index < -0.39 is 0 Å². The minimum Gasteiger partial charge on any atom is -0.356 e. The third-order valence-electron chi connectivity index (χ3n) is 2.12. The lowest BCUT2D eigenvalue weighted by Crippen LogP contribution is -2.21. The first-order valence-corrected chi connectivity index (χ1v) is 4.19. The Morgan fingerprint density at radius 1 is 1.67 bits per heavy atom. The van der Waals surface area contributed by atoms with Gasteiger partial charge in [-0.3, -0.25) is 0 Å². The van der Waals surface area contributed by atoms with E-state index in [1.54, 1.807) is 0 Å². The minimum atomic E-state index is 0.454. The molecule has 2 heterocycles. The highest BCUT2D eigenvalue weighted by atomic mass is 15.5. The maximum atomic E-state index is 4.28. The van der Waals surface area contributed by atoms with Gasteiger partial charge in [0.25, 0.3) is 0 Å². The molecule has 1 atom stereocenters. The van der Waals surface area contributed by atoms with Crippen molar-refractivity contribution in [2.45, 2.75) is 19.4 Å². The second kappa shape index (κ2) is 2.66. The molecule has 2 rings (SSSR count). The molecular formula is C7H13N5. The molecule has 0 aromatic carbocycles. The summed E-state index contributed by atoms with van der Waals surface area (Å²) in [5.41, 5.74) is 0. The maximum Gasteiger partial charge on any atom is 0.243 e. The van der Waals surface area contributed by atoms with E-state index in [0.29, 0.717) is 12.0 Å². The summed E-state index contributed by atoms with van der Waals surface area (Å²) in [5, 5.41) is 10.4. The number of nitrogens with one attached hydrogen (secondary N) is 2. The quantitative estimate of drug-likeness (QED) is 0.646. The van der Waals surface area contributed by atoms with Crippen LogP contribution in [0.5, 0.6) is 0 Å². The highest BCUT2D eigenvalue weighted by Gasteiger charge is 2.18. The number of anilines is 2. The van der Waals surface area contributed by atoms with E-state index in [2.05, 4.69) is 27.6 Å². The Hall–Kier alpha value is -1.26. The average Bonchev–Trinajstić information content (AvgIpc) is 2.49. The van der Waals surface area contributed by atoms with Crippen molar-refractivity contribution in [2.75, 3.05) is 24.2 Å². The second-order valence-electron chi connectivity index (χ2n) is 3.02. The number of rotatable bonds is 1. The van der Waals surface area contributed by atoms with E-state index in [9.17, 15) is 0 Å². The number of hydrogen-bond acceptors (Lipinski definition) is 4. The number of aromatic nitrogens is 3. The second-order valence-corrected chi connectivity index (χ2v) is 3.02. The minimum absolute atomic E-state index is 0.454. The van der Waals surface area contributed by atoms with Crippen LogP contribution in [-0.4, -0.2) is 28.4 Å². The van der Waals surface area contributed by atoms with Crippen LogP contribution in [0.25, 0.3) is 0 Å². The van der Waals surface area contributed by atoms with Crippen molar-refractivity contribution in [3.63, 3.8) is 0 Å². The molecule has 1 aliphatic heterocycles. The summed E-state index contributed by atoms with van der Waals surface area (Å²) in [5.74, 6) is 1.56. The van der Waals surface area contributed by atoms with E-state index >= 15 is 0 Å². The summed E-state index contributed by atoms with van der Waals surface area (Å²) in [4.78, 5) is 4.25. The van der Waals surface area contributed by atoms with Crippen LogP contribution in [0.3, 0.4) is 0 Å². The van der Waals surface area contributed by atoms with Crippen molar-refractivity contribution in [2.24, 2.45) is 0 Å². The third-order valence-corrected chi connectivity index (χ3v) is 2.12. The molecule has 2 N–H and O–H groups in total. The molecule has 1 aliphatic rings. The molecule has 5 nitrogen and oxygen atoms in total. The largest absolute Gasteiger partial charge is 0.356 e. The maximum absolute atomic E-state index is 4.28. The number of hydrogen-bond donors (Lipinski definition) is 2. The fourth-order valence-electron chi connectivity index (χ4n) is 1.37. The van der Waals surface area contributed by atoms with Crippen LogP contribution in [0.1, 0.15) is 19.4 Å². The van der Waals surface area contributed by atoms with Crippen molar-refractivity contribution in [1.82, 2.24) is 14.8 Å². The van der Waals surface area contributed by atoms with E-state index in [1.807, 2.05) is 11.7 Å². The molecule has 1 unspecified atom stereocenters. The predicted octanol–water partition coefficient (Wildman–Crippen LogP) is 0.696. The monoisotopic (exact) mass is 167 g/mol. The summed E-state index contributed by atoms with van der Waals surface area (Å²) in [7, 11) is 1.83. The lowest BCUT2D eigenvalue weighted by Gasteiger charge is -2.20. The van der Waals surface area contributed by atoms with Crippen LogP contribution in [0.15, 0.2) is 0 Å². The fraction of sp³-hybridized carbons (Fsp3) is 0.714. The van der Waals surface area contributed by atoms with Gasteiger partial charge in [0.1, 0.15) is 0 Å². The molecule has 0 amide bonds. The Kier molecular flexibility index (Phi) is 1.64. The number of nitrogens with zero attached hydrogens (tertiary/aromatic N) is 3. The first-order chi connectivity index (χ1) is 5.81. The van der Waals surface area contributed by atoms with Crippen molar-refractivity contribution < 1.29 is 0 Å². The van der Waals surface area contributed by atoms with Crippen LogP contribution in [0.2, 0.25) is 0 Å². The molecule has 0 spiro atoms. The summed E-state index contributed by atoms with van der Waals surface area (Å²) < 4.78 is 1.93. The van der Waals surface area contributed by atoms with Gasteiger partial charge in [0.2, 0.25) is 11.9 Å². The van der Waals surface area contributed by atoms with Gasteiger partial charge in [0, 0.05) is 13.6 Å². The zero-order valence-corrected chi connectivity index (χ0v) is 7.33. The van der Waals surface area contributed by atoms with Crippen molar-refractivity contribution >= 4 is 11.9 Å². The molecule has 1 aromatic heterocycles. The zero-order chi connectivity index (χ0) is 8.55. The summed E-state index contributed by atoms with van der Waals surface area (Å²) in [6.07, 6.45) is 1.11. The summed E-state index contributed by atoms with van der Waals surface area (Å²) in [6, 6.07) is 0.454. The van der Waals surface area contributed by atoms with Gasteiger partial charge in [0.15, 0.2) is 0 Å². The first kappa shape index (κ1) is 7.39. The van der Waals surface area contributed by atoms with E-state index in [0.717, 1.165) is 18.9 Å². The first-order valence-electron chi connectivity index (χ1n) is 4.19. The van der Waals surface area contributed by atoms with Crippen molar-refractivity contribution in [3.8, 4) is 0 Å². The van der Waals surface area contributed by atoms with E-state index in [1.165, 1.54) is 0 Å². The van der Waals surface area contributed by atoms with Gasteiger partial charge in [-0.25, -0.2) is 4.68 Å². The van der Waals surface area contributed by atoms with Gasteiger partial charge in [-0.2, -0.15) is 4.98 Å². The van der Waals surface area contributed by atoms with Crippen LogP contribution < -0.4 is 10.6 Å². The molecular weight excluding hydrogens is 154 g/mol. The molecule has 0 bridgehead atoms. The van der Waals surface area contributed by atoms with Crippen LogP contribution in [0, 0.1) is 0 Å². The van der Waals surface area contributed by atoms with E-state index in [-0.39, 0.29) is 0 Å². The summed E-state index contributed by atoms with van der Waals surface area (Å²) >= 11 is 0. The Balaban J connectivity index is 2.37. The highest BCUT2D eigenvalue weighted by molar-refractivity contribution is 5.36. The Labute approximate surface area is 71.2 Å². The molecule has 0 radical (unpaired) electrons. The third kappa shape index (κ3) is 1.01. The fourth-order valence-corrected chi connectivity index (χ4v) is 1.37. The predicted molar refractivity (Wildman–Crippen MR) is 47.4 cm³/mol. The summed E-state index contributed by atoms with van der Waals surface area (Å²) in [6.45, 7) is 3.14. The van der Waals surface area contributed by atoms with Crippen LogP contribution in [0.4, 0.5) is 11.9 Å². The molecule has 0 fully saturated rings. The molecule has 66 valence electrons. The van der Waals surface area contributed by atoms with Gasteiger partial charge in [-0.15, -0.1) is 5.10 Å². The Bertz CT molecular complexity index is 279. The lowest BCUT2D eigenvalue weighted by atomic mass is 10.2. The molecule has 12 heavy (non-hydrogen) atoms. The standard InChI is InChI=1S/C7H13N5/c1-5-3-4-9-7-10-6(8-2)11-12(5)7/h5H,3-4H2,1-2H3,(H2,8,9,10,11). The molecule has 5 heteroatoms. The smallest absolute Gasteiger partial charge is 0.243 e. The lowest BCUT2D eigenvalue weighted by molar-refractivity contribution is 0.452. The average molecular weight is 167 g/mol. The Morgan fingerprint density at radius 2 is 2.50 bits per heavy atom. The molecule has 0 saturated carbocycles. The van der Waals surface area contributed by atoms with Crippen LogP contribution >= 0.6 is 0 Å². The van der Waals surface area contributed by atoms with Gasteiger partial charge < -0.3 is 10.6 Å².